The standard InChI is InChI=1S/C17H17N3O/c1-21-17-9-5-15(6-10-17)18-13-14-3-7-16(8-4-14)20-12-2-11-19-20/h2-12,18H,13H2,1H3. The van der Waals surface area contributed by atoms with E-state index in [1.54, 1.807) is 13.3 Å². The fraction of sp³-hybridized carbons (Fsp3) is 0.118. The molecule has 0 bridgehead atoms. The number of hydrogen-bond acceptors (Lipinski definition) is 3. The fourth-order valence-electron chi connectivity index (χ4n) is 2.10. The van der Waals surface area contributed by atoms with Gasteiger partial charge in [-0.25, -0.2) is 4.68 Å². The number of nitrogens with one attached hydrogen (secondary N) is 1. The summed E-state index contributed by atoms with van der Waals surface area (Å²) in [4.78, 5) is 0. The van der Waals surface area contributed by atoms with Crippen molar-refractivity contribution in [2.75, 3.05) is 12.4 Å². The summed E-state index contributed by atoms with van der Waals surface area (Å²) in [6.45, 7) is 0.783. The van der Waals surface area contributed by atoms with E-state index in [1.165, 1.54) is 5.56 Å². The molecule has 2 aromatic carbocycles. The molecule has 0 fully saturated rings. The van der Waals surface area contributed by atoms with Crippen molar-refractivity contribution >= 4 is 5.69 Å². The van der Waals surface area contributed by atoms with Crippen LogP contribution >= 0.6 is 0 Å². The number of rotatable bonds is 5. The Labute approximate surface area is 124 Å². The van der Waals surface area contributed by atoms with Crippen molar-refractivity contribution in [2.45, 2.75) is 6.54 Å². The van der Waals surface area contributed by atoms with Crippen LogP contribution in [-0.4, -0.2) is 16.9 Å². The third kappa shape index (κ3) is 3.23. The second-order valence-corrected chi connectivity index (χ2v) is 4.70. The van der Waals surface area contributed by atoms with Crippen LogP contribution < -0.4 is 10.1 Å². The van der Waals surface area contributed by atoms with Gasteiger partial charge in [-0.1, -0.05) is 12.1 Å². The molecule has 0 aliphatic heterocycles. The van der Waals surface area contributed by atoms with Gasteiger partial charge in [0.15, 0.2) is 0 Å². The summed E-state index contributed by atoms with van der Waals surface area (Å²) in [5, 5.41) is 7.60. The van der Waals surface area contributed by atoms with E-state index in [9.17, 15) is 0 Å². The molecule has 0 aliphatic carbocycles. The van der Waals surface area contributed by atoms with E-state index in [4.69, 9.17) is 4.74 Å². The average Bonchev–Trinajstić information content (AvgIpc) is 3.08. The van der Waals surface area contributed by atoms with Gasteiger partial charge in [0.2, 0.25) is 0 Å². The Morgan fingerprint density at radius 3 is 2.43 bits per heavy atom. The van der Waals surface area contributed by atoms with Gasteiger partial charge in [0.25, 0.3) is 0 Å². The van der Waals surface area contributed by atoms with E-state index >= 15 is 0 Å². The van der Waals surface area contributed by atoms with Crippen molar-refractivity contribution in [2.24, 2.45) is 0 Å². The number of aromatic nitrogens is 2. The predicted octanol–water partition coefficient (Wildman–Crippen LogP) is 3.49. The summed E-state index contributed by atoms with van der Waals surface area (Å²) in [5.74, 6) is 0.865. The first-order chi connectivity index (χ1) is 10.3. The summed E-state index contributed by atoms with van der Waals surface area (Å²) in [7, 11) is 1.67. The quantitative estimate of drug-likeness (QED) is 0.777. The lowest BCUT2D eigenvalue weighted by Gasteiger charge is -2.08. The highest BCUT2D eigenvalue weighted by Gasteiger charge is 1.98. The average molecular weight is 279 g/mol. The van der Waals surface area contributed by atoms with E-state index in [-0.39, 0.29) is 0 Å². The maximum absolute atomic E-state index is 5.14. The maximum atomic E-state index is 5.14. The number of ether oxygens (including phenoxy) is 1. The van der Waals surface area contributed by atoms with Gasteiger partial charge in [-0.2, -0.15) is 5.10 Å². The molecule has 106 valence electrons. The lowest BCUT2D eigenvalue weighted by atomic mass is 10.2. The van der Waals surface area contributed by atoms with Gasteiger partial charge in [0, 0.05) is 24.6 Å². The molecule has 0 saturated heterocycles. The van der Waals surface area contributed by atoms with Crippen molar-refractivity contribution in [1.82, 2.24) is 9.78 Å². The Bertz CT molecular complexity index is 673. The minimum atomic E-state index is 0.783. The van der Waals surface area contributed by atoms with Gasteiger partial charge in [-0.3, -0.25) is 0 Å². The molecule has 0 aliphatic rings. The highest BCUT2D eigenvalue weighted by atomic mass is 16.5. The van der Waals surface area contributed by atoms with Crippen LogP contribution in [0.2, 0.25) is 0 Å². The number of anilines is 1. The number of hydrogen-bond donors (Lipinski definition) is 1. The van der Waals surface area contributed by atoms with Crippen LogP contribution in [0.4, 0.5) is 5.69 Å². The van der Waals surface area contributed by atoms with E-state index in [0.717, 1.165) is 23.7 Å². The number of nitrogens with zero attached hydrogens (tertiary/aromatic N) is 2. The van der Waals surface area contributed by atoms with E-state index in [1.807, 2.05) is 41.2 Å². The van der Waals surface area contributed by atoms with Gasteiger partial charge in [-0.15, -0.1) is 0 Å². The Balaban J connectivity index is 1.62. The molecule has 3 aromatic rings. The maximum Gasteiger partial charge on any atom is 0.119 e. The SMILES string of the molecule is COc1ccc(NCc2ccc(-n3cccn3)cc2)cc1. The molecular formula is C17H17N3O. The van der Waals surface area contributed by atoms with Crippen LogP contribution in [-0.2, 0) is 6.54 Å². The first kappa shape index (κ1) is 13.2. The molecule has 1 N–H and O–H groups in total. The molecule has 0 atom stereocenters. The Morgan fingerprint density at radius 1 is 1.05 bits per heavy atom. The smallest absolute Gasteiger partial charge is 0.119 e. The van der Waals surface area contributed by atoms with Crippen LogP contribution in [0.3, 0.4) is 0 Å². The molecule has 4 nitrogen and oxygen atoms in total. The predicted molar refractivity (Wildman–Crippen MR) is 83.9 cm³/mol. The highest BCUT2D eigenvalue weighted by molar-refractivity contribution is 5.47. The highest BCUT2D eigenvalue weighted by Crippen LogP contribution is 2.16. The van der Waals surface area contributed by atoms with Crippen molar-refractivity contribution in [1.29, 1.82) is 0 Å². The molecule has 0 amide bonds. The normalized spacial score (nSPS) is 10.3. The lowest BCUT2D eigenvalue weighted by Crippen LogP contribution is -2.00. The first-order valence-electron chi connectivity index (χ1n) is 6.82. The van der Waals surface area contributed by atoms with Crippen molar-refractivity contribution < 1.29 is 4.74 Å². The van der Waals surface area contributed by atoms with Gasteiger partial charge in [0.05, 0.1) is 12.8 Å². The van der Waals surface area contributed by atoms with Gasteiger partial charge in [-0.05, 0) is 48.0 Å². The largest absolute Gasteiger partial charge is 0.497 e. The summed E-state index contributed by atoms with van der Waals surface area (Å²) in [5.41, 5.74) is 3.36. The van der Waals surface area contributed by atoms with Crippen LogP contribution in [0.15, 0.2) is 67.0 Å². The summed E-state index contributed by atoms with van der Waals surface area (Å²) in [6, 6.07) is 18.2. The molecule has 3 rings (SSSR count). The summed E-state index contributed by atoms with van der Waals surface area (Å²) in [6.07, 6.45) is 3.71. The molecule has 0 spiro atoms. The third-order valence-corrected chi connectivity index (χ3v) is 3.29. The Hall–Kier alpha value is -2.75. The lowest BCUT2D eigenvalue weighted by molar-refractivity contribution is 0.415. The van der Waals surface area contributed by atoms with E-state index < -0.39 is 0 Å². The van der Waals surface area contributed by atoms with Crippen LogP contribution in [0, 0.1) is 0 Å². The second kappa shape index (κ2) is 6.13. The zero-order chi connectivity index (χ0) is 14.5. The zero-order valence-corrected chi connectivity index (χ0v) is 11.9. The molecule has 21 heavy (non-hydrogen) atoms. The molecule has 0 saturated carbocycles. The third-order valence-electron chi connectivity index (χ3n) is 3.29. The van der Waals surface area contributed by atoms with Crippen molar-refractivity contribution in [3.63, 3.8) is 0 Å². The molecule has 4 heteroatoms. The summed E-state index contributed by atoms with van der Waals surface area (Å²) >= 11 is 0. The Morgan fingerprint density at radius 2 is 1.81 bits per heavy atom. The monoisotopic (exact) mass is 279 g/mol. The molecular weight excluding hydrogens is 262 g/mol. The van der Waals surface area contributed by atoms with Gasteiger partial charge < -0.3 is 10.1 Å². The van der Waals surface area contributed by atoms with Gasteiger partial charge >= 0.3 is 0 Å². The van der Waals surface area contributed by atoms with E-state index in [2.05, 4.69) is 34.7 Å². The minimum absolute atomic E-state index is 0.783. The zero-order valence-electron chi connectivity index (χ0n) is 11.9. The van der Waals surface area contributed by atoms with E-state index in [0.29, 0.717) is 0 Å². The minimum Gasteiger partial charge on any atom is -0.497 e. The molecule has 1 heterocycles. The second-order valence-electron chi connectivity index (χ2n) is 4.70. The summed E-state index contributed by atoms with van der Waals surface area (Å²) < 4.78 is 6.99. The first-order valence-corrected chi connectivity index (χ1v) is 6.82. The number of methoxy groups -OCH3 is 1. The molecule has 0 radical (unpaired) electrons. The van der Waals surface area contributed by atoms with Crippen LogP contribution in [0.1, 0.15) is 5.56 Å². The Kier molecular flexibility index (Phi) is 3.87. The fourth-order valence-corrected chi connectivity index (χ4v) is 2.10. The number of benzene rings is 2. The van der Waals surface area contributed by atoms with Crippen LogP contribution in [0.5, 0.6) is 5.75 Å². The van der Waals surface area contributed by atoms with Crippen LogP contribution in [0.25, 0.3) is 5.69 Å². The van der Waals surface area contributed by atoms with Crippen molar-refractivity contribution in [3.8, 4) is 11.4 Å². The molecule has 1 aromatic heterocycles. The van der Waals surface area contributed by atoms with Crippen molar-refractivity contribution in [3.05, 3.63) is 72.6 Å². The molecule has 0 unspecified atom stereocenters. The van der Waals surface area contributed by atoms with Gasteiger partial charge in [0.1, 0.15) is 5.75 Å². The topological polar surface area (TPSA) is 39.1 Å².